The Bertz CT molecular complexity index is 274. The Morgan fingerprint density at radius 3 is 2.06 bits per heavy atom. The van der Waals surface area contributed by atoms with E-state index in [9.17, 15) is 0 Å². The molecule has 0 aromatic rings. The number of nitrogens with one attached hydrogen (secondary N) is 3. The van der Waals surface area contributed by atoms with Gasteiger partial charge in [-0.2, -0.15) is 0 Å². The van der Waals surface area contributed by atoms with Crippen LogP contribution in [-0.2, 0) is 0 Å². The van der Waals surface area contributed by atoms with Crippen LogP contribution in [0, 0.1) is 0 Å². The van der Waals surface area contributed by atoms with Crippen molar-refractivity contribution in [1.82, 2.24) is 20.9 Å². The van der Waals surface area contributed by atoms with Crippen LogP contribution in [0.3, 0.4) is 0 Å². The van der Waals surface area contributed by atoms with Gasteiger partial charge in [0.25, 0.3) is 0 Å². The Hall–Kier alpha value is -0.680. The largest absolute Gasteiger partial charge is 0.314 e. The second kappa shape index (κ2) is 8.43. The standard InChI is InChI=1S/C14H26N4/c1-2-4-14(3-1)13-18-11-9-16-7-5-15-6-8-17-10-12-18/h1-3,15-17H,4-13H2. The van der Waals surface area contributed by atoms with E-state index < -0.39 is 0 Å². The second-order valence-electron chi connectivity index (χ2n) is 4.98. The van der Waals surface area contributed by atoms with Gasteiger partial charge in [0, 0.05) is 58.9 Å². The maximum absolute atomic E-state index is 3.50. The Labute approximate surface area is 111 Å². The smallest absolute Gasteiger partial charge is 0.0200 e. The molecular formula is C14H26N4. The van der Waals surface area contributed by atoms with E-state index in [1.54, 1.807) is 5.57 Å². The molecule has 2 rings (SSSR count). The second-order valence-corrected chi connectivity index (χ2v) is 4.98. The maximum atomic E-state index is 3.50. The molecule has 0 unspecified atom stereocenters. The van der Waals surface area contributed by atoms with Crippen LogP contribution in [0.4, 0.5) is 0 Å². The molecule has 0 saturated carbocycles. The van der Waals surface area contributed by atoms with E-state index in [1.165, 1.54) is 0 Å². The van der Waals surface area contributed by atoms with Gasteiger partial charge < -0.3 is 16.0 Å². The summed E-state index contributed by atoms with van der Waals surface area (Å²) in [5, 5.41) is 10.4. The average Bonchev–Trinajstić information content (AvgIpc) is 2.85. The fourth-order valence-electron chi connectivity index (χ4n) is 2.37. The van der Waals surface area contributed by atoms with Crippen LogP contribution < -0.4 is 16.0 Å². The van der Waals surface area contributed by atoms with Crippen LogP contribution in [0.2, 0.25) is 0 Å². The first-order valence-electron chi connectivity index (χ1n) is 7.14. The molecule has 0 atom stereocenters. The number of nitrogens with zero attached hydrogens (tertiary/aromatic N) is 1. The molecule has 0 aromatic carbocycles. The average molecular weight is 250 g/mol. The van der Waals surface area contributed by atoms with Gasteiger partial charge >= 0.3 is 0 Å². The molecule has 18 heavy (non-hydrogen) atoms. The fourth-order valence-corrected chi connectivity index (χ4v) is 2.37. The van der Waals surface area contributed by atoms with E-state index in [2.05, 4.69) is 39.1 Å². The monoisotopic (exact) mass is 250 g/mol. The zero-order valence-corrected chi connectivity index (χ0v) is 11.3. The Morgan fingerprint density at radius 2 is 1.50 bits per heavy atom. The minimum absolute atomic E-state index is 1.07. The number of allylic oxidation sites excluding steroid dienone is 3. The maximum Gasteiger partial charge on any atom is 0.0200 e. The molecule has 0 bridgehead atoms. The minimum Gasteiger partial charge on any atom is -0.314 e. The van der Waals surface area contributed by atoms with Gasteiger partial charge in [-0.25, -0.2) is 0 Å². The Kier molecular flexibility index (Phi) is 6.43. The van der Waals surface area contributed by atoms with Gasteiger partial charge in [-0.15, -0.1) is 0 Å². The molecule has 0 spiro atoms. The predicted octanol–water partition coefficient (Wildman–Crippen LogP) is -0.0429. The van der Waals surface area contributed by atoms with E-state index in [-0.39, 0.29) is 0 Å². The highest BCUT2D eigenvalue weighted by Gasteiger charge is 2.08. The molecule has 1 fully saturated rings. The molecule has 1 aliphatic carbocycles. The van der Waals surface area contributed by atoms with Gasteiger partial charge in [0.05, 0.1) is 0 Å². The van der Waals surface area contributed by atoms with Crippen LogP contribution in [0.1, 0.15) is 6.42 Å². The summed E-state index contributed by atoms with van der Waals surface area (Å²) in [6.07, 6.45) is 7.82. The van der Waals surface area contributed by atoms with Crippen molar-refractivity contribution in [3.63, 3.8) is 0 Å². The normalized spacial score (nSPS) is 24.3. The lowest BCUT2D eigenvalue weighted by molar-refractivity contribution is 0.291. The lowest BCUT2D eigenvalue weighted by Crippen LogP contribution is -2.42. The SMILES string of the molecule is C1=CCC(CN2CCNCCNCCNCC2)=C1. The van der Waals surface area contributed by atoms with Crippen LogP contribution in [-0.4, -0.2) is 63.8 Å². The summed E-state index contributed by atoms with van der Waals surface area (Å²) >= 11 is 0. The Balaban J connectivity index is 1.74. The van der Waals surface area contributed by atoms with Crippen molar-refractivity contribution >= 4 is 0 Å². The summed E-state index contributed by atoms with van der Waals surface area (Å²) in [6.45, 7) is 9.83. The summed E-state index contributed by atoms with van der Waals surface area (Å²) in [5.74, 6) is 0. The molecule has 0 amide bonds. The highest BCUT2D eigenvalue weighted by molar-refractivity contribution is 5.24. The molecule has 1 aliphatic heterocycles. The van der Waals surface area contributed by atoms with Gasteiger partial charge in [0.1, 0.15) is 0 Å². The van der Waals surface area contributed by atoms with Crippen molar-refractivity contribution in [3.05, 3.63) is 23.8 Å². The summed E-state index contributed by atoms with van der Waals surface area (Å²) in [6, 6.07) is 0. The highest BCUT2D eigenvalue weighted by Crippen LogP contribution is 2.11. The predicted molar refractivity (Wildman–Crippen MR) is 76.9 cm³/mol. The van der Waals surface area contributed by atoms with Crippen molar-refractivity contribution in [1.29, 1.82) is 0 Å². The minimum atomic E-state index is 1.07. The third-order valence-electron chi connectivity index (χ3n) is 3.44. The third-order valence-corrected chi connectivity index (χ3v) is 3.44. The first-order valence-corrected chi connectivity index (χ1v) is 7.14. The number of hydrogen-bond donors (Lipinski definition) is 3. The van der Waals surface area contributed by atoms with Crippen LogP contribution in [0.5, 0.6) is 0 Å². The van der Waals surface area contributed by atoms with E-state index in [4.69, 9.17) is 0 Å². The molecule has 0 aromatic heterocycles. The summed E-state index contributed by atoms with van der Waals surface area (Å²) in [7, 11) is 0. The molecule has 1 heterocycles. The zero-order valence-electron chi connectivity index (χ0n) is 11.3. The lowest BCUT2D eigenvalue weighted by atomic mass is 10.2. The summed E-state index contributed by atoms with van der Waals surface area (Å²) in [5.41, 5.74) is 1.55. The fraction of sp³-hybridized carbons (Fsp3) is 0.714. The molecule has 3 N–H and O–H groups in total. The van der Waals surface area contributed by atoms with Crippen LogP contribution >= 0.6 is 0 Å². The summed E-state index contributed by atoms with van der Waals surface area (Å²) < 4.78 is 0. The van der Waals surface area contributed by atoms with Gasteiger partial charge in [0.15, 0.2) is 0 Å². The van der Waals surface area contributed by atoms with Crippen molar-refractivity contribution in [2.24, 2.45) is 0 Å². The molecule has 4 nitrogen and oxygen atoms in total. The van der Waals surface area contributed by atoms with Gasteiger partial charge in [-0.05, 0) is 6.42 Å². The zero-order chi connectivity index (χ0) is 12.5. The molecule has 0 radical (unpaired) electrons. The van der Waals surface area contributed by atoms with Crippen molar-refractivity contribution in [2.45, 2.75) is 6.42 Å². The van der Waals surface area contributed by atoms with Crippen LogP contribution in [0.25, 0.3) is 0 Å². The molecule has 4 heteroatoms. The van der Waals surface area contributed by atoms with Crippen molar-refractivity contribution < 1.29 is 0 Å². The van der Waals surface area contributed by atoms with Gasteiger partial charge in [-0.1, -0.05) is 23.8 Å². The van der Waals surface area contributed by atoms with Crippen molar-refractivity contribution in [2.75, 3.05) is 58.9 Å². The Morgan fingerprint density at radius 1 is 0.889 bits per heavy atom. The third kappa shape index (κ3) is 5.31. The first kappa shape index (κ1) is 13.7. The van der Waals surface area contributed by atoms with E-state index in [0.29, 0.717) is 0 Å². The molecule has 1 saturated heterocycles. The van der Waals surface area contributed by atoms with Crippen LogP contribution in [0.15, 0.2) is 23.8 Å². The van der Waals surface area contributed by atoms with Crippen molar-refractivity contribution in [3.8, 4) is 0 Å². The van der Waals surface area contributed by atoms with E-state index in [1.807, 2.05) is 0 Å². The molecule has 2 aliphatic rings. The number of rotatable bonds is 2. The van der Waals surface area contributed by atoms with Gasteiger partial charge in [0.2, 0.25) is 0 Å². The van der Waals surface area contributed by atoms with E-state index in [0.717, 1.165) is 65.3 Å². The molecular weight excluding hydrogens is 224 g/mol. The van der Waals surface area contributed by atoms with E-state index >= 15 is 0 Å². The first-order chi connectivity index (χ1) is 8.95. The lowest BCUT2D eigenvalue weighted by Gasteiger charge is -2.24. The van der Waals surface area contributed by atoms with Gasteiger partial charge in [-0.3, -0.25) is 4.90 Å². The molecule has 102 valence electrons. The summed E-state index contributed by atoms with van der Waals surface area (Å²) in [4.78, 5) is 2.55. The topological polar surface area (TPSA) is 39.3 Å². The number of hydrogen-bond acceptors (Lipinski definition) is 4. The quantitative estimate of drug-likeness (QED) is 0.643. The highest BCUT2D eigenvalue weighted by atomic mass is 15.2.